The number of halogens is 2. The summed E-state index contributed by atoms with van der Waals surface area (Å²) in [5.74, 6) is -0.569. The molecule has 0 aliphatic carbocycles. The van der Waals surface area contributed by atoms with Gasteiger partial charge in [0, 0.05) is 16.3 Å². The van der Waals surface area contributed by atoms with Crippen molar-refractivity contribution >= 4 is 39.7 Å². The molecule has 0 unspecified atom stereocenters. The predicted molar refractivity (Wildman–Crippen MR) is 98.6 cm³/mol. The standard InChI is InChI=1S/C18H10ClFN4O3/c19-11-6-12(20)8-13(7-11)21-15-9-14(10-4-2-1-3-5-10)16-17(23-27-22-16)18(15)24(25)26/h1-9,21H. The molecule has 4 rings (SSSR count). The number of nitrogens with one attached hydrogen (secondary N) is 1. The van der Waals surface area contributed by atoms with Crippen LogP contribution in [0.3, 0.4) is 0 Å². The zero-order chi connectivity index (χ0) is 19.0. The lowest BCUT2D eigenvalue weighted by Gasteiger charge is -2.10. The molecule has 0 radical (unpaired) electrons. The normalized spacial score (nSPS) is 10.9. The van der Waals surface area contributed by atoms with Gasteiger partial charge in [0.25, 0.3) is 0 Å². The summed E-state index contributed by atoms with van der Waals surface area (Å²) in [5, 5.41) is 22.2. The monoisotopic (exact) mass is 384 g/mol. The molecule has 0 aliphatic rings. The third-order valence-corrected chi connectivity index (χ3v) is 4.14. The number of nitrogens with zero attached hydrogens (tertiary/aromatic N) is 3. The molecule has 27 heavy (non-hydrogen) atoms. The van der Waals surface area contributed by atoms with E-state index >= 15 is 0 Å². The molecule has 0 aliphatic heterocycles. The topological polar surface area (TPSA) is 94.1 Å². The summed E-state index contributed by atoms with van der Waals surface area (Å²) in [5.41, 5.74) is 1.66. The van der Waals surface area contributed by atoms with Crippen LogP contribution >= 0.6 is 11.6 Å². The van der Waals surface area contributed by atoms with E-state index in [1.807, 2.05) is 30.3 Å². The van der Waals surface area contributed by atoms with Crippen molar-refractivity contribution in [2.24, 2.45) is 0 Å². The highest BCUT2D eigenvalue weighted by molar-refractivity contribution is 6.30. The quantitative estimate of drug-likeness (QED) is 0.377. The Bertz CT molecular complexity index is 1140. The summed E-state index contributed by atoms with van der Waals surface area (Å²) in [4.78, 5) is 11.1. The molecule has 3 aromatic carbocycles. The number of anilines is 2. The van der Waals surface area contributed by atoms with E-state index in [-0.39, 0.29) is 33.1 Å². The van der Waals surface area contributed by atoms with Gasteiger partial charge < -0.3 is 5.32 Å². The van der Waals surface area contributed by atoms with Crippen LogP contribution in [0.1, 0.15) is 0 Å². The second-order valence-corrected chi connectivity index (χ2v) is 6.12. The highest BCUT2D eigenvalue weighted by Crippen LogP contribution is 2.40. The fourth-order valence-electron chi connectivity index (χ4n) is 2.83. The third kappa shape index (κ3) is 3.18. The molecule has 1 N–H and O–H groups in total. The van der Waals surface area contributed by atoms with E-state index in [9.17, 15) is 14.5 Å². The van der Waals surface area contributed by atoms with Gasteiger partial charge in [0.15, 0.2) is 0 Å². The SMILES string of the molecule is O=[N+]([O-])c1c(Nc2cc(F)cc(Cl)c2)cc(-c2ccccc2)c2nonc12. The van der Waals surface area contributed by atoms with Gasteiger partial charge in [-0.15, -0.1) is 0 Å². The molecule has 0 amide bonds. The summed E-state index contributed by atoms with van der Waals surface area (Å²) in [6, 6.07) is 14.5. The summed E-state index contributed by atoms with van der Waals surface area (Å²) in [7, 11) is 0. The molecule has 4 aromatic rings. The summed E-state index contributed by atoms with van der Waals surface area (Å²) >= 11 is 5.87. The Morgan fingerprint density at radius 1 is 1.07 bits per heavy atom. The highest BCUT2D eigenvalue weighted by atomic mass is 35.5. The molecule has 1 heterocycles. The van der Waals surface area contributed by atoms with Crippen LogP contribution in [-0.2, 0) is 0 Å². The molecule has 0 atom stereocenters. The van der Waals surface area contributed by atoms with Crippen LogP contribution in [0.4, 0.5) is 21.5 Å². The maximum absolute atomic E-state index is 13.6. The Morgan fingerprint density at radius 3 is 2.52 bits per heavy atom. The molecule has 1 aromatic heterocycles. The fourth-order valence-corrected chi connectivity index (χ4v) is 3.05. The predicted octanol–water partition coefficient (Wildman–Crippen LogP) is 5.33. The zero-order valence-corrected chi connectivity index (χ0v) is 14.3. The van der Waals surface area contributed by atoms with Crippen LogP contribution < -0.4 is 5.32 Å². The third-order valence-electron chi connectivity index (χ3n) is 3.92. The van der Waals surface area contributed by atoms with Crippen LogP contribution in [0.5, 0.6) is 0 Å². The van der Waals surface area contributed by atoms with Gasteiger partial charge in [0.05, 0.1) is 4.92 Å². The minimum absolute atomic E-state index is 0.00801. The Hall–Kier alpha value is -3.52. The van der Waals surface area contributed by atoms with Crippen molar-refractivity contribution in [1.82, 2.24) is 10.3 Å². The number of hydrogen-bond acceptors (Lipinski definition) is 6. The van der Waals surface area contributed by atoms with Crippen molar-refractivity contribution < 1.29 is 13.9 Å². The van der Waals surface area contributed by atoms with Crippen molar-refractivity contribution in [2.45, 2.75) is 0 Å². The Morgan fingerprint density at radius 2 is 1.81 bits per heavy atom. The van der Waals surface area contributed by atoms with E-state index in [0.717, 1.165) is 11.6 Å². The lowest BCUT2D eigenvalue weighted by molar-refractivity contribution is -0.382. The average Bonchev–Trinajstić information content (AvgIpc) is 3.09. The van der Waals surface area contributed by atoms with E-state index in [1.165, 1.54) is 12.1 Å². The van der Waals surface area contributed by atoms with Crippen LogP contribution in [0, 0.1) is 15.9 Å². The van der Waals surface area contributed by atoms with Crippen molar-refractivity contribution in [3.05, 3.63) is 75.6 Å². The molecule has 0 bridgehead atoms. The zero-order valence-electron chi connectivity index (χ0n) is 13.5. The van der Waals surface area contributed by atoms with Crippen molar-refractivity contribution in [1.29, 1.82) is 0 Å². The van der Waals surface area contributed by atoms with E-state index in [4.69, 9.17) is 16.2 Å². The highest BCUT2D eigenvalue weighted by Gasteiger charge is 2.26. The molecular weight excluding hydrogens is 375 g/mol. The smallest absolute Gasteiger partial charge is 0.323 e. The van der Waals surface area contributed by atoms with Crippen LogP contribution in [0.15, 0.2) is 59.2 Å². The fraction of sp³-hybridized carbons (Fsp3) is 0. The first-order chi connectivity index (χ1) is 13.0. The van der Waals surface area contributed by atoms with Crippen LogP contribution in [0.2, 0.25) is 5.02 Å². The Labute approximate surface area is 156 Å². The molecule has 7 nitrogen and oxygen atoms in total. The van der Waals surface area contributed by atoms with Gasteiger partial charge in [-0.05, 0) is 40.1 Å². The molecular formula is C18H10ClFN4O3. The van der Waals surface area contributed by atoms with Gasteiger partial charge in [-0.2, -0.15) is 0 Å². The first-order valence-electron chi connectivity index (χ1n) is 7.75. The second-order valence-electron chi connectivity index (χ2n) is 5.69. The Kier molecular flexibility index (Phi) is 4.17. The van der Waals surface area contributed by atoms with Gasteiger partial charge in [0.2, 0.25) is 5.52 Å². The maximum Gasteiger partial charge on any atom is 0.323 e. The summed E-state index contributed by atoms with van der Waals surface area (Å²) in [6.07, 6.45) is 0. The number of rotatable bonds is 4. The number of aromatic nitrogens is 2. The number of nitro groups is 1. The van der Waals surface area contributed by atoms with E-state index in [0.29, 0.717) is 5.56 Å². The molecule has 0 saturated heterocycles. The van der Waals surface area contributed by atoms with Gasteiger partial charge >= 0.3 is 5.69 Å². The summed E-state index contributed by atoms with van der Waals surface area (Å²) < 4.78 is 18.4. The van der Waals surface area contributed by atoms with Crippen LogP contribution in [0.25, 0.3) is 22.2 Å². The van der Waals surface area contributed by atoms with Crippen molar-refractivity contribution in [2.75, 3.05) is 5.32 Å². The second kappa shape index (κ2) is 6.65. The first kappa shape index (κ1) is 16.9. The molecule has 0 saturated carbocycles. The van der Waals surface area contributed by atoms with Gasteiger partial charge in [-0.1, -0.05) is 41.9 Å². The van der Waals surface area contributed by atoms with E-state index in [1.54, 1.807) is 6.07 Å². The number of nitro benzene ring substituents is 1. The van der Waals surface area contributed by atoms with Crippen molar-refractivity contribution in [3.63, 3.8) is 0 Å². The van der Waals surface area contributed by atoms with Crippen molar-refractivity contribution in [3.8, 4) is 11.1 Å². The molecule has 0 spiro atoms. The lowest BCUT2D eigenvalue weighted by atomic mass is 10.0. The number of hydrogen-bond donors (Lipinski definition) is 1. The number of fused-ring (bicyclic) bond motifs is 1. The maximum atomic E-state index is 13.6. The summed E-state index contributed by atoms with van der Waals surface area (Å²) in [6.45, 7) is 0. The van der Waals surface area contributed by atoms with E-state index < -0.39 is 10.7 Å². The van der Waals surface area contributed by atoms with E-state index in [2.05, 4.69) is 15.6 Å². The first-order valence-corrected chi connectivity index (χ1v) is 8.13. The minimum atomic E-state index is -0.593. The van der Waals surface area contributed by atoms with Crippen LogP contribution in [-0.4, -0.2) is 15.2 Å². The largest absolute Gasteiger partial charge is 0.350 e. The minimum Gasteiger partial charge on any atom is -0.350 e. The molecule has 9 heteroatoms. The molecule has 0 fully saturated rings. The average molecular weight is 385 g/mol. The van der Waals surface area contributed by atoms with Gasteiger partial charge in [0.1, 0.15) is 17.0 Å². The van der Waals surface area contributed by atoms with Gasteiger partial charge in [-0.3, -0.25) is 10.1 Å². The molecule has 134 valence electrons. The number of benzene rings is 3. The van der Waals surface area contributed by atoms with Gasteiger partial charge in [-0.25, -0.2) is 9.02 Å². The Balaban J connectivity index is 1.95. The lowest BCUT2D eigenvalue weighted by Crippen LogP contribution is -2.00.